The average molecular weight is 270 g/mol. The van der Waals surface area contributed by atoms with Crippen molar-refractivity contribution in [3.63, 3.8) is 0 Å². The summed E-state index contributed by atoms with van der Waals surface area (Å²) in [5, 5.41) is 0.290. The van der Waals surface area contributed by atoms with E-state index in [1.165, 1.54) is 13.0 Å². The lowest BCUT2D eigenvalue weighted by molar-refractivity contribution is -0.128. The molecule has 0 aliphatic rings. The van der Waals surface area contributed by atoms with Crippen molar-refractivity contribution in [2.75, 3.05) is 6.54 Å². The van der Waals surface area contributed by atoms with Crippen LogP contribution in [0, 0.1) is 0 Å². The van der Waals surface area contributed by atoms with Gasteiger partial charge in [-0.25, -0.2) is 0 Å². The van der Waals surface area contributed by atoms with Gasteiger partial charge in [0.25, 0.3) is 0 Å². The Kier molecular flexibility index (Phi) is 7.29. The molecule has 1 amide bonds. The number of Topliss-reactive ketones (excluding diaryl/α,β-unsaturated/α-hetero) is 1. The molecule has 100 valence electrons. The molecule has 0 heterocycles. The number of rotatable bonds is 6. The van der Waals surface area contributed by atoms with Gasteiger partial charge in [0, 0.05) is 29.8 Å². The third-order valence-electron chi connectivity index (χ3n) is 2.42. The van der Waals surface area contributed by atoms with E-state index >= 15 is 0 Å². The minimum absolute atomic E-state index is 0.0180. The quantitative estimate of drug-likeness (QED) is 0.547. The SMILES string of the molecule is C=C(Cl)/C=C(C(C)=O)\C(C)=C\N(CC)C(=O)CC. The number of carbonyl (C=O) groups is 2. The molecule has 0 saturated carbocycles. The van der Waals surface area contributed by atoms with Gasteiger partial charge >= 0.3 is 0 Å². The van der Waals surface area contributed by atoms with E-state index in [0.29, 0.717) is 24.1 Å². The van der Waals surface area contributed by atoms with Gasteiger partial charge < -0.3 is 4.90 Å². The molecule has 0 aliphatic carbocycles. The van der Waals surface area contributed by atoms with Crippen molar-refractivity contribution in [1.29, 1.82) is 0 Å². The predicted molar refractivity (Wildman–Crippen MR) is 75.2 cm³/mol. The van der Waals surface area contributed by atoms with Crippen LogP contribution in [0.3, 0.4) is 0 Å². The summed E-state index contributed by atoms with van der Waals surface area (Å²) < 4.78 is 0. The van der Waals surface area contributed by atoms with Crippen LogP contribution in [0.4, 0.5) is 0 Å². The molecule has 0 unspecified atom stereocenters. The van der Waals surface area contributed by atoms with Crippen LogP contribution in [0.1, 0.15) is 34.1 Å². The summed E-state index contributed by atoms with van der Waals surface area (Å²) in [6.07, 6.45) is 3.62. The van der Waals surface area contributed by atoms with Crippen molar-refractivity contribution in [3.8, 4) is 0 Å². The molecule has 0 bridgehead atoms. The van der Waals surface area contributed by atoms with Gasteiger partial charge in [-0.15, -0.1) is 0 Å². The highest BCUT2D eigenvalue weighted by molar-refractivity contribution is 6.31. The second-order valence-corrected chi connectivity index (χ2v) is 4.39. The fourth-order valence-electron chi connectivity index (χ4n) is 1.50. The first-order chi connectivity index (χ1) is 8.33. The first-order valence-electron chi connectivity index (χ1n) is 5.88. The number of ketones is 1. The lowest BCUT2D eigenvalue weighted by Crippen LogP contribution is -2.25. The van der Waals surface area contributed by atoms with Crippen LogP contribution in [0.2, 0.25) is 0 Å². The molecule has 0 aromatic carbocycles. The maximum Gasteiger partial charge on any atom is 0.226 e. The zero-order valence-corrected chi connectivity index (χ0v) is 12.2. The Bertz CT molecular complexity index is 408. The van der Waals surface area contributed by atoms with Crippen molar-refractivity contribution >= 4 is 23.3 Å². The number of nitrogens with zero attached hydrogens (tertiary/aromatic N) is 1. The van der Waals surface area contributed by atoms with Gasteiger partial charge in [-0.1, -0.05) is 25.1 Å². The van der Waals surface area contributed by atoms with E-state index in [9.17, 15) is 9.59 Å². The summed E-state index contributed by atoms with van der Waals surface area (Å²) in [7, 11) is 0. The summed E-state index contributed by atoms with van der Waals surface area (Å²) in [5.74, 6) is -0.0880. The lowest BCUT2D eigenvalue weighted by atomic mass is 10.0. The molecule has 4 heteroatoms. The van der Waals surface area contributed by atoms with E-state index in [0.717, 1.165) is 0 Å². The first-order valence-corrected chi connectivity index (χ1v) is 6.26. The van der Waals surface area contributed by atoms with Crippen molar-refractivity contribution in [1.82, 2.24) is 4.90 Å². The summed E-state index contributed by atoms with van der Waals surface area (Å²) >= 11 is 5.69. The maximum atomic E-state index is 11.6. The first kappa shape index (κ1) is 16.6. The second-order valence-electron chi connectivity index (χ2n) is 3.91. The second kappa shape index (κ2) is 7.88. The summed E-state index contributed by atoms with van der Waals surface area (Å²) in [4.78, 5) is 24.7. The molecule has 0 aliphatic heterocycles. The highest BCUT2D eigenvalue weighted by Crippen LogP contribution is 2.16. The minimum Gasteiger partial charge on any atom is -0.319 e. The maximum absolute atomic E-state index is 11.6. The van der Waals surface area contributed by atoms with Gasteiger partial charge in [-0.3, -0.25) is 9.59 Å². The Labute approximate surface area is 114 Å². The smallest absolute Gasteiger partial charge is 0.226 e. The van der Waals surface area contributed by atoms with Crippen molar-refractivity contribution in [2.24, 2.45) is 0 Å². The van der Waals surface area contributed by atoms with Gasteiger partial charge in [0.2, 0.25) is 5.91 Å². The molecule has 0 saturated heterocycles. The van der Waals surface area contributed by atoms with Crippen LogP contribution < -0.4 is 0 Å². The molecular weight excluding hydrogens is 250 g/mol. The van der Waals surface area contributed by atoms with Crippen LogP contribution in [-0.2, 0) is 9.59 Å². The summed E-state index contributed by atoms with van der Waals surface area (Å²) in [6, 6.07) is 0. The topological polar surface area (TPSA) is 37.4 Å². The normalized spacial score (nSPS) is 12.3. The van der Waals surface area contributed by atoms with E-state index in [1.807, 2.05) is 6.92 Å². The third-order valence-corrected chi connectivity index (χ3v) is 2.53. The zero-order valence-electron chi connectivity index (χ0n) is 11.4. The van der Waals surface area contributed by atoms with Crippen LogP contribution in [0.25, 0.3) is 0 Å². The molecular formula is C14H20ClNO2. The number of hydrogen-bond acceptors (Lipinski definition) is 2. The monoisotopic (exact) mass is 269 g/mol. The third kappa shape index (κ3) is 5.32. The number of carbonyl (C=O) groups excluding carboxylic acids is 2. The summed E-state index contributed by atoms with van der Waals surface area (Å²) in [5.41, 5.74) is 1.17. The molecule has 0 spiro atoms. The summed E-state index contributed by atoms with van der Waals surface area (Å²) in [6.45, 7) is 11.0. The van der Waals surface area contributed by atoms with Crippen LogP contribution in [0.5, 0.6) is 0 Å². The van der Waals surface area contributed by atoms with Gasteiger partial charge in [-0.05, 0) is 32.4 Å². The van der Waals surface area contributed by atoms with Crippen LogP contribution >= 0.6 is 11.6 Å². The Balaban J connectivity index is 5.31. The number of halogens is 1. The van der Waals surface area contributed by atoms with Crippen LogP contribution in [0.15, 0.2) is 35.0 Å². The molecule has 0 N–H and O–H groups in total. The average Bonchev–Trinajstić information content (AvgIpc) is 2.31. The Morgan fingerprint density at radius 3 is 2.17 bits per heavy atom. The molecule has 3 nitrogen and oxygen atoms in total. The van der Waals surface area contributed by atoms with Crippen molar-refractivity contribution in [3.05, 3.63) is 35.0 Å². The van der Waals surface area contributed by atoms with Gasteiger partial charge in [0.1, 0.15) is 0 Å². The fourth-order valence-corrected chi connectivity index (χ4v) is 1.60. The van der Waals surface area contributed by atoms with Crippen molar-refractivity contribution in [2.45, 2.75) is 34.1 Å². The van der Waals surface area contributed by atoms with Gasteiger partial charge in [0.15, 0.2) is 5.78 Å². The van der Waals surface area contributed by atoms with Gasteiger partial charge in [0.05, 0.1) is 0 Å². The molecule has 0 aromatic rings. The van der Waals surface area contributed by atoms with E-state index in [1.54, 1.807) is 24.9 Å². The Morgan fingerprint density at radius 2 is 1.83 bits per heavy atom. The molecule has 0 aromatic heterocycles. The largest absolute Gasteiger partial charge is 0.319 e. The molecule has 0 radical (unpaired) electrons. The highest BCUT2D eigenvalue weighted by atomic mass is 35.5. The zero-order chi connectivity index (χ0) is 14.3. The Hall–Kier alpha value is -1.35. The van der Waals surface area contributed by atoms with Gasteiger partial charge in [-0.2, -0.15) is 0 Å². The predicted octanol–water partition coefficient (Wildman–Crippen LogP) is 3.42. The van der Waals surface area contributed by atoms with E-state index in [4.69, 9.17) is 11.6 Å². The molecule has 0 fully saturated rings. The number of allylic oxidation sites excluding steroid dienone is 4. The number of hydrogen-bond donors (Lipinski definition) is 0. The standard InChI is InChI=1S/C14H20ClNO2/c1-6-14(18)16(7-2)9-10(3)13(12(5)17)8-11(4)15/h8-9H,4,6-7H2,1-3,5H3/b10-9+,13-8+. The van der Waals surface area contributed by atoms with E-state index < -0.39 is 0 Å². The van der Waals surface area contributed by atoms with E-state index in [2.05, 4.69) is 6.58 Å². The fraction of sp³-hybridized carbons (Fsp3) is 0.429. The van der Waals surface area contributed by atoms with Crippen LogP contribution in [-0.4, -0.2) is 23.1 Å². The van der Waals surface area contributed by atoms with Crippen molar-refractivity contribution < 1.29 is 9.59 Å². The lowest BCUT2D eigenvalue weighted by Gasteiger charge is -2.17. The molecule has 18 heavy (non-hydrogen) atoms. The van der Waals surface area contributed by atoms with E-state index in [-0.39, 0.29) is 16.7 Å². The molecule has 0 rings (SSSR count). The Morgan fingerprint density at radius 1 is 1.28 bits per heavy atom. The number of amides is 1. The molecule has 0 atom stereocenters. The minimum atomic E-state index is -0.106. The highest BCUT2D eigenvalue weighted by Gasteiger charge is 2.11.